The first kappa shape index (κ1) is 17.9. The largest absolute Gasteiger partial charge is 0.459 e. The number of hydrogen-bond acceptors (Lipinski definition) is 5. The van der Waals surface area contributed by atoms with Gasteiger partial charge >= 0.3 is 5.97 Å². The zero-order chi connectivity index (χ0) is 18.2. The minimum atomic E-state index is -0.539. The van der Waals surface area contributed by atoms with Gasteiger partial charge in [0.05, 0.1) is 6.67 Å². The van der Waals surface area contributed by atoms with Gasteiger partial charge in [-0.05, 0) is 38.8 Å². The molecule has 0 saturated carbocycles. The lowest BCUT2D eigenvalue weighted by atomic mass is 10.1. The second-order valence-corrected chi connectivity index (χ2v) is 7.63. The minimum Gasteiger partial charge on any atom is -0.459 e. The van der Waals surface area contributed by atoms with Crippen LogP contribution in [0.2, 0.25) is 0 Å². The van der Waals surface area contributed by atoms with E-state index in [9.17, 15) is 9.59 Å². The molecule has 2 unspecified atom stereocenters. The molecule has 2 saturated heterocycles. The van der Waals surface area contributed by atoms with Gasteiger partial charge in [0.2, 0.25) is 5.91 Å². The molecular weight excluding hydrogens is 318 g/mol. The summed E-state index contributed by atoms with van der Waals surface area (Å²) < 4.78 is 5.56. The van der Waals surface area contributed by atoms with Crippen LogP contribution in [0.5, 0.6) is 0 Å². The zero-order valence-corrected chi connectivity index (χ0v) is 15.4. The highest BCUT2D eigenvalue weighted by molar-refractivity contribution is 6.00. The van der Waals surface area contributed by atoms with Crippen LogP contribution in [-0.4, -0.2) is 54.2 Å². The fourth-order valence-corrected chi connectivity index (χ4v) is 3.50. The third-order valence-electron chi connectivity index (χ3n) is 4.67. The Labute approximate surface area is 149 Å². The highest BCUT2D eigenvalue weighted by Crippen LogP contribution is 2.29. The lowest BCUT2D eigenvalue weighted by Gasteiger charge is -2.35. The lowest BCUT2D eigenvalue weighted by Crippen LogP contribution is -2.60. The quantitative estimate of drug-likeness (QED) is 0.842. The van der Waals surface area contributed by atoms with Crippen molar-refractivity contribution in [1.29, 1.82) is 0 Å². The first-order valence-electron chi connectivity index (χ1n) is 8.90. The molecule has 25 heavy (non-hydrogen) atoms. The number of nitrogens with zero attached hydrogens (tertiary/aromatic N) is 2. The molecule has 0 aliphatic carbocycles. The van der Waals surface area contributed by atoms with Gasteiger partial charge < -0.3 is 10.1 Å². The minimum absolute atomic E-state index is 0.0432. The summed E-state index contributed by atoms with van der Waals surface area (Å²) in [5.74, 6) is -0.232. The number of piperazine rings is 1. The van der Waals surface area contributed by atoms with E-state index in [1.165, 1.54) is 0 Å². The van der Waals surface area contributed by atoms with Crippen LogP contribution in [0, 0.1) is 0 Å². The summed E-state index contributed by atoms with van der Waals surface area (Å²) in [5, 5.41) is 3.21. The maximum Gasteiger partial charge on any atom is 0.325 e. The van der Waals surface area contributed by atoms with Crippen molar-refractivity contribution in [1.82, 2.24) is 10.2 Å². The zero-order valence-electron chi connectivity index (χ0n) is 15.4. The smallest absolute Gasteiger partial charge is 0.325 e. The third-order valence-corrected chi connectivity index (χ3v) is 4.67. The Hall–Kier alpha value is -1.92. The van der Waals surface area contributed by atoms with Gasteiger partial charge in [-0.3, -0.25) is 19.4 Å². The Bertz CT molecular complexity index is 668. The summed E-state index contributed by atoms with van der Waals surface area (Å²) in [6.07, 6.45) is 0.859. The van der Waals surface area contributed by atoms with Gasteiger partial charge in [-0.1, -0.05) is 25.1 Å². The van der Waals surface area contributed by atoms with Crippen LogP contribution in [0.4, 0.5) is 5.69 Å². The van der Waals surface area contributed by atoms with Crippen molar-refractivity contribution in [2.45, 2.75) is 51.8 Å². The van der Waals surface area contributed by atoms with E-state index in [0.717, 1.165) is 17.7 Å². The molecule has 3 rings (SSSR count). The van der Waals surface area contributed by atoms with E-state index in [4.69, 9.17) is 4.74 Å². The van der Waals surface area contributed by atoms with E-state index in [1.54, 1.807) is 4.90 Å². The van der Waals surface area contributed by atoms with Gasteiger partial charge in [-0.25, -0.2) is 0 Å². The van der Waals surface area contributed by atoms with Crippen LogP contribution in [0.1, 0.15) is 33.3 Å². The number of rotatable bonds is 3. The number of hydrogen-bond donors (Lipinski definition) is 1. The van der Waals surface area contributed by atoms with Gasteiger partial charge in [-0.15, -0.1) is 0 Å². The van der Waals surface area contributed by atoms with Crippen molar-refractivity contribution >= 4 is 17.6 Å². The predicted octanol–water partition coefficient (Wildman–Crippen LogP) is 1.54. The second kappa shape index (κ2) is 6.77. The molecule has 0 aromatic heterocycles. The molecule has 1 amide bonds. The Morgan fingerprint density at radius 1 is 1.28 bits per heavy atom. The van der Waals surface area contributed by atoms with Crippen LogP contribution >= 0.6 is 0 Å². The molecule has 1 N–H and O–H groups in total. The summed E-state index contributed by atoms with van der Waals surface area (Å²) in [4.78, 5) is 29.3. The number of anilines is 1. The van der Waals surface area contributed by atoms with Crippen LogP contribution in [0.3, 0.4) is 0 Å². The van der Waals surface area contributed by atoms with E-state index in [0.29, 0.717) is 19.8 Å². The Balaban J connectivity index is 1.84. The lowest BCUT2D eigenvalue weighted by molar-refractivity contribution is -0.162. The Morgan fingerprint density at radius 2 is 2.00 bits per heavy atom. The van der Waals surface area contributed by atoms with Crippen molar-refractivity contribution in [3.8, 4) is 0 Å². The molecule has 2 aliphatic rings. The van der Waals surface area contributed by atoms with Gasteiger partial charge in [0.25, 0.3) is 0 Å². The topological polar surface area (TPSA) is 61.9 Å². The number of carbonyl (C=O) groups excluding carboxylic acids is 2. The fourth-order valence-electron chi connectivity index (χ4n) is 3.50. The number of fused-ring (bicyclic) bond motifs is 1. The molecule has 0 spiro atoms. The van der Waals surface area contributed by atoms with Crippen molar-refractivity contribution in [2.24, 2.45) is 0 Å². The number of carbonyl (C=O) groups is 2. The summed E-state index contributed by atoms with van der Waals surface area (Å²) in [6, 6.07) is 7.19. The molecule has 2 heterocycles. The normalized spacial score (nSPS) is 24.3. The van der Waals surface area contributed by atoms with Crippen molar-refractivity contribution < 1.29 is 14.3 Å². The van der Waals surface area contributed by atoms with Gasteiger partial charge in [0.1, 0.15) is 17.7 Å². The predicted molar refractivity (Wildman–Crippen MR) is 96.3 cm³/mol. The van der Waals surface area contributed by atoms with Crippen molar-refractivity contribution in [3.63, 3.8) is 0 Å². The number of aryl methyl sites for hydroxylation is 1. The van der Waals surface area contributed by atoms with E-state index in [2.05, 4.69) is 12.2 Å². The van der Waals surface area contributed by atoms with E-state index < -0.39 is 11.6 Å². The standard InChI is InChI=1S/C19H27N3O3/c1-5-13-8-6-7-9-14(13)22-12-21-15(17(22)23)10-20-11-16(21)18(24)25-19(2,3)4/h6-9,15-16,20H,5,10-12H2,1-4H3. The third kappa shape index (κ3) is 3.55. The van der Waals surface area contributed by atoms with Crippen molar-refractivity contribution in [3.05, 3.63) is 29.8 Å². The molecule has 6 nitrogen and oxygen atoms in total. The van der Waals surface area contributed by atoms with Crippen LogP contribution < -0.4 is 10.2 Å². The molecule has 1 aromatic carbocycles. The second-order valence-electron chi connectivity index (χ2n) is 7.63. The van der Waals surface area contributed by atoms with E-state index in [-0.39, 0.29) is 17.9 Å². The van der Waals surface area contributed by atoms with E-state index in [1.807, 2.05) is 49.9 Å². The number of benzene rings is 1. The molecular formula is C19H27N3O3. The van der Waals surface area contributed by atoms with Gasteiger partial charge in [-0.2, -0.15) is 0 Å². The highest BCUT2D eigenvalue weighted by Gasteiger charge is 2.47. The van der Waals surface area contributed by atoms with E-state index >= 15 is 0 Å². The summed E-state index contributed by atoms with van der Waals surface area (Å²) >= 11 is 0. The summed E-state index contributed by atoms with van der Waals surface area (Å²) in [6.45, 7) is 9.14. The summed E-state index contributed by atoms with van der Waals surface area (Å²) in [7, 11) is 0. The molecule has 6 heteroatoms. The van der Waals surface area contributed by atoms with Crippen molar-refractivity contribution in [2.75, 3.05) is 24.7 Å². The SMILES string of the molecule is CCc1ccccc1N1CN2C(C(=O)OC(C)(C)C)CNCC2C1=O. The maximum absolute atomic E-state index is 13.0. The molecule has 2 fully saturated rings. The fraction of sp³-hybridized carbons (Fsp3) is 0.579. The van der Waals surface area contributed by atoms with Crippen LogP contribution in [0.25, 0.3) is 0 Å². The highest BCUT2D eigenvalue weighted by atomic mass is 16.6. The maximum atomic E-state index is 13.0. The van der Waals surface area contributed by atoms with Gasteiger partial charge in [0.15, 0.2) is 0 Å². The van der Waals surface area contributed by atoms with Crippen LogP contribution in [-0.2, 0) is 20.7 Å². The van der Waals surface area contributed by atoms with Crippen LogP contribution in [0.15, 0.2) is 24.3 Å². The first-order valence-corrected chi connectivity index (χ1v) is 8.90. The molecule has 0 bridgehead atoms. The van der Waals surface area contributed by atoms with Gasteiger partial charge in [0, 0.05) is 18.8 Å². The molecule has 0 radical (unpaired) electrons. The summed E-state index contributed by atoms with van der Waals surface area (Å²) in [5.41, 5.74) is 1.53. The monoisotopic (exact) mass is 345 g/mol. The molecule has 2 aliphatic heterocycles. The Morgan fingerprint density at radius 3 is 2.68 bits per heavy atom. The number of amides is 1. The Kier molecular flexibility index (Phi) is 4.84. The molecule has 2 atom stereocenters. The molecule has 136 valence electrons. The average molecular weight is 345 g/mol. The average Bonchev–Trinajstić information content (AvgIpc) is 2.90. The number of para-hydroxylation sites is 1. The number of esters is 1. The number of nitrogens with one attached hydrogen (secondary N) is 1. The number of ether oxygens (including phenoxy) is 1. The first-order chi connectivity index (χ1) is 11.8. The molecule has 1 aromatic rings.